The lowest BCUT2D eigenvalue weighted by molar-refractivity contribution is 0.412. The van der Waals surface area contributed by atoms with Gasteiger partial charge in [0.05, 0.1) is 0 Å². The molecule has 156 valence electrons. The molecule has 0 atom stereocenters. The van der Waals surface area contributed by atoms with E-state index in [-0.39, 0.29) is 5.75 Å². The van der Waals surface area contributed by atoms with Crippen LogP contribution in [0, 0.1) is 6.92 Å². The molecular formula is C27H30O3. The van der Waals surface area contributed by atoms with Crippen molar-refractivity contribution in [2.75, 3.05) is 0 Å². The summed E-state index contributed by atoms with van der Waals surface area (Å²) in [5, 5.41) is 31.1. The minimum Gasteiger partial charge on any atom is -0.508 e. The summed E-state index contributed by atoms with van der Waals surface area (Å²) >= 11 is 0. The van der Waals surface area contributed by atoms with Gasteiger partial charge in [-0.2, -0.15) is 0 Å². The van der Waals surface area contributed by atoms with Crippen LogP contribution in [0.1, 0.15) is 71.4 Å². The first kappa shape index (κ1) is 20.3. The topological polar surface area (TPSA) is 60.7 Å². The van der Waals surface area contributed by atoms with Crippen LogP contribution in [-0.4, -0.2) is 15.3 Å². The van der Waals surface area contributed by atoms with Gasteiger partial charge in [0, 0.05) is 12.8 Å². The Bertz CT molecular complexity index is 1020. The van der Waals surface area contributed by atoms with Crippen molar-refractivity contribution in [2.45, 2.75) is 57.8 Å². The Kier molecular flexibility index (Phi) is 5.98. The number of benzene rings is 3. The van der Waals surface area contributed by atoms with Crippen molar-refractivity contribution in [1.82, 2.24) is 0 Å². The van der Waals surface area contributed by atoms with Crippen LogP contribution in [0.4, 0.5) is 0 Å². The summed E-state index contributed by atoms with van der Waals surface area (Å²) in [7, 11) is 0. The van der Waals surface area contributed by atoms with E-state index in [0.29, 0.717) is 30.3 Å². The van der Waals surface area contributed by atoms with Crippen LogP contribution in [0.15, 0.2) is 54.6 Å². The predicted octanol–water partition coefficient (Wildman–Crippen LogP) is 6.34. The number of aromatic hydroxyl groups is 3. The number of hydrogen-bond donors (Lipinski definition) is 3. The van der Waals surface area contributed by atoms with Gasteiger partial charge in [0.1, 0.15) is 17.2 Å². The van der Waals surface area contributed by atoms with Crippen LogP contribution in [0.3, 0.4) is 0 Å². The third kappa shape index (κ3) is 4.46. The van der Waals surface area contributed by atoms with Crippen molar-refractivity contribution in [3.8, 4) is 17.2 Å². The van der Waals surface area contributed by atoms with Crippen molar-refractivity contribution in [3.63, 3.8) is 0 Å². The molecule has 0 aromatic heterocycles. The van der Waals surface area contributed by atoms with Gasteiger partial charge in [0.15, 0.2) is 0 Å². The number of para-hydroxylation sites is 1. The molecule has 0 saturated heterocycles. The summed E-state index contributed by atoms with van der Waals surface area (Å²) in [6.45, 7) is 1.91. The maximum Gasteiger partial charge on any atom is 0.122 e. The van der Waals surface area contributed by atoms with E-state index >= 15 is 0 Å². The van der Waals surface area contributed by atoms with Crippen molar-refractivity contribution in [2.24, 2.45) is 0 Å². The molecule has 4 rings (SSSR count). The van der Waals surface area contributed by atoms with Crippen molar-refractivity contribution < 1.29 is 15.3 Å². The molecule has 30 heavy (non-hydrogen) atoms. The molecule has 1 saturated carbocycles. The van der Waals surface area contributed by atoms with Gasteiger partial charge in [0.25, 0.3) is 0 Å². The second-order valence-electron chi connectivity index (χ2n) is 8.63. The molecule has 0 spiro atoms. The van der Waals surface area contributed by atoms with Crippen LogP contribution in [0.5, 0.6) is 17.2 Å². The standard InChI is InChI=1S/C27H30O3/c1-18-14-20(17-23(26(18)29)15-19-10-12-24(28)13-11-19)16-22-8-5-9-25(27(22)30)21-6-3-2-4-7-21/h5,8-14,17,21,28-30H,2-4,6-7,15-16H2,1H3. The van der Waals surface area contributed by atoms with E-state index < -0.39 is 0 Å². The Hall–Kier alpha value is -2.94. The maximum atomic E-state index is 11.0. The van der Waals surface area contributed by atoms with Gasteiger partial charge in [-0.1, -0.05) is 61.7 Å². The average molecular weight is 403 g/mol. The highest BCUT2D eigenvalue weighted by molar-refractivity contribution is 5.49. The van der Waals surface area contributed by atoms with Crippen LogP contribution >= 0.6 is 0 Å². The van der Waals surface area contributed by atoms with E-state index in [1.54, 1.807) is 12.1 Å². The smallest absolute Gasteiger partial charge is 0.122 e. The number of aryl methyl sites for hydroxylation is 1. The molecule has 1 aliphatic carbocycles. The number of phenolic OH excluding ortho intramolecular Hbond substituents is 3. The molecule has 0 aliphatic heterocycles. The Morgan fingerprint density at radius 3 is 2.17 bits per heavy atom. The highest BCUT2D eigenvalue weighted by Crippen LogP contribution is 2.39. The quantitative estimate of drug-likeness (QED) is 0.466. The molecule has 1 fully saturated rings. The second-order valence-corrected chi connectivity index (χ2v) is 8.63. The average Bonchev–Trinajstić information content (AvgIpc) is 2.75. The van der Waals surface area contributed by atoms with Gasteiger partial charge in [-0.05, 0) is 71.2 Å². The molecular weight excluding hydrogens is 372 g/mol. The highest BCUT2D eigenvalue weighted by Gasteiger charge is 2.20. The van der Waals surface area contributed by atoms with E-state index in [9.17, 15) is 15.3 Å². The summed E-state index contributed by atoms with van der Waals surface area (Å²) in [4.78, 5) is 0. The summed E-state index contributed by atoms with van der Waals surface area (Å²) < 4.78 is 0. The van der Waals surface area contributed by atoms with Crippen molar-refractivity contribution >= 4 is 0 Å². The Morgan fingerprint density at radius 2 is 1.43 bits per heavy atom. The van der Waals surface area contributed by atoms with Crippen LogP contribution < -0.4 is 0 Å². The molecule has 3 heteroatoms. The van der Waals surface area contributed by atoms with E-state index in [1.165, 1.54) is 19.3 Å². The fraction of sp³-hybridized carbons (Fsp3) is 0.333. The molecule has 3 aromatic rings. The van der Waals surface area contributed by atoms with Gasteiger partial charge in [-0.3, -0.25) is 0 Å². The fourth-order valence-corrected chi connectivity index (χ4v) is 4.72. The van der Waals surface area contributed by atoms with Crippen LogP contribution in [0.2, 0.25) is 0 Å². The van der Waals surface area contributed by atoms with Crippen molar-refractivity contribution in [3.05, 3.63) is 88.0 Å². The molecule has 3 nitrogen and oxygen atoms in total. The first-order chi connectivity index (χ1) is 14.5. The largest absolute Gasteiger partial charge is 0.508 e. The zero-order valence-electron chi connectivity index (χ0n) is 17.6. The minimum absolute atomic E-state index is 0.237. The number of phenols is 3. The summed E-state index contributed by atoms with van der Waals surface area (Å²) in [6, 6.07) is 17.2. The van der Waals surface area contributed by atoms with Crippen LogP contribution in [-0.2, 0) is 12.8 Å². The Balaban J connectivity index is 1.60. The Labute approximate surface area is 178 Å². The summed E-state index contributed by atoms with van der Waals surface area (Å²) in [6.07, 6.45) is 7.33. The lowest BCUT2D eigenvalue weighted by Crippen LogP contribution is -2.05. The van der Waals surface area contributed by atoms with Gasteiger partial charge >= 0.3 is 0 Å². The van der Waals surface area contributed by atoms with Gasteiger partial charge < -0.3 is 15.3 Å². The van der Waals surface area contributed by atoms with E-state index in [1.807, 2.05) is 37.3 Å². The SMILES string of the molecule is Cc1cc(Cc2cccc(C3CCCCC3)c2O)cc(Cc2ccc(O)cc2)c1O. The number of rotatable bonds is 5. The maximum absolute atomic E-state index is 11.0. The predicted molar refractivity (Wildman–Crippen MR) is 120 cm³/mol. The molecule has 0 heterocycles. The normalized spacial score (nSPS) is 14.7. The highest BCUT2D eigenvalue weighted by atomic mass is 16.3. The first-order valence-corrected chi connectivity index (χ1v) is 10.9. The zero-order valence-corrected chi connectivity index (χ0v) is 17.6. The second kappa shape index (κ2) is 8.83. The van der Waals surface area contributed by atoms with Gasteiger partial charge in [-0.15, -0.1) is 0 Å². The fourth-order valence-electron chi connectivity index (χ4n) is 4.72. The molecule has 1 aliphatic rings. The molecule has 0 radical (unpaired) electrons. The van der Waals surface area contributed by atoms with E-state index in [0.717, 1.165) is 46.2 Å². The minimum atomic E-state index is 0.237. The lowest BCUT2D eigenvalue weighted by Gasteiger charge is -2.23. The third-order valence-corrected chi connectivity index (χ3v) is 6.36. The zero-order chi connectivity index (χ0) is 21.1. The molecule has 0 bridgehead atoms. The van der Waals surface area contributed by atoms with Crippen molar-refractivity contribution in [1.29, 1.82) is 0 Å². The van der Waals surface area contributed by atoms with E-state index in [4.69, 9.17) is 0 Å². The van der Waals surface area contributed by atoms with Gasteiger partial charge in [0.2, 0.25) is 0 Å². The van der Waals surface area contributed by atoms with Gasteiger partial charge in [-0.25, -0.2) is 0 Å². The van der Waals surface area contributed by atoms with E-state index in [2.05, 4.69) is 12.1 Å². The molecule has 3 aromatic carbocycles. The summed E-state index contributed by atoms with van der Waals surface area (Å²) in [5.74, 6) is 1.45. The molecule has 0 unspecified atom stereocenters. The van der Waals surface area contributed by atoms with Crippen LogP contribution in [0.25, 0.3) is 0 Å². The lowest BCUT2D eigenvalue weighted by atomic mass is 9.82. The summed E-state index contributed by atoms with van der Waals surface area (Å²) in [5.41, 5.74) is 5.84. The number of hydrogen-bond acceptors (Lipinski definition) is 3. The molecule has 0 amide bonds. The first-order valence-electron chi connectivity index (χ1n) is 10.9. The monoisotopic (exact) mass is 402 g/mol. The third-order valence-electron chi connectivity index (χ3n) is 6.36. The Morgan fingerprint density at radius 1 is 0.733 bits per heavy atom. The molecule has 3 N–H and O–H groups in total.